The summed E-state index contributed by atoms with van der Waals surface area (Å²) in [6.07, 6.45) is 1.71. The van der Waals surface area contributed by atoms with Gasteiger partial charge in [0.15, 0.2) is 0 Å². The van der Waals surface area contributed by atoms with Crippen LogP contribution in [0, 0.1) is 20.8 Å². The van der Waals surface area contributed by atoms with Crippen LogP contribution in [0.25, 0.3) is 0 Å². The van der Waals surface area contributed by atoms with Crippen LogP contribution < -0.4 is 4.74 Å². The number of nitrogens with zero attached hydrogens (tertiary/aromatic N) is 1. The van der Waals surface area contributed by atoms with Gasteiger partial charge in [-0.3, -0.25) is 0 Å². The number of halogens is 1. The van der Waals surface area contributed by atoms with Gasteiger partial charge >= 0.3 is 0 Å². The van der Waals surface area contributed by atoms with E-state index in [2.05, 4.69) is 18.0 Å². The van der Waals surface area contributed by atoms with E-state index >= 15 is 0 Å². The van der Waals surface area contributed by atoms with Crippen molar-refractivity contribution >= 4 is 11.6 Å². The topological polar surface area (TPSA) is 22.1 Å². The van der Waals surface area contributed by atoms with Gasteiger partial charge in [-0.25, -0.2) is 4.98 Å². The predicted molar refractivity (Wildman–Crippen MR) is 70.0 cm³/mol. The first-order valence-electron chi connectivity index (χ1n) is 5.44. The van der Waals surface area contributed by atoms with Crippen LogP contribution in [0.5, 0.6) is 11.5 Å². The molecule has 0 radical (unpaired) electrons. The Bertz CT molecular complexity index is 552. The summed E-state index contributed by atoms with van der Waals surface area (Å²) in [5, 5.41) is 0.441. The lowest BCUT2D eigenvalue weighted by molar-refractivity contribution is 0.474. The van der Waals surface area contributed by atoms with E-state index in [1.807, 2.05) is 26.0 Å². The number of benzene rings is 1. The zero-order valence-electron chi connectivity index (χ0n) is 10.1. The van der Waals surface area contributed by atoms with Gasteiger partial charge in [0.25, 0.3) is 0 Å². The third-order valence-electron chi connectivity index (χ3n) is 2.80. The van der Waals surface area contributed by atoms with Crippen LogP contribution in [0.4, 0.5) is 0 Å². The van der Waals surface area contributed by atoms with Gasteiger partial charge in [-0.1, -0.05) is 23.7 Å². The fourth-order valence-electron chi connectivity index (χ4n) is 1.54. The van der Waals surface area contributed by atoms with Crippen LogP contribution in [0.3, 0.4) is 0 Å². The van der Waals surface area contributed by atoms with Gasteiger partial charge < -0.3 is 4.74 Å². The quantitative estimate of drug-likeness (QED) is 0.732. The Hall–Kier alpha value is -1.54. The zero-order valence-corrected chi connectivity index (χ0v) is 10.9. The number of pyridine rings is 1. The second-order valence-electron chi connectivity index (χ2n) is 4.07. The molecule has 0 unspecified atom stereocenters. The fraction of sp³-hybridized carbons (Fsp3) is 0.214. The Morgan fingerprint density at radius 1 is 1.06 bits per heavy atom. The van der Waals surface area contributed by atoms with Gasteiger partial charge in [0.2, 0.25) is 0 Å². The van der Waals surface area contributed by atoms with E-state index in [-0.39, 0.29) is 0 Å². The summed E-state index contributed by atoms with van der Waals surface area (Å²) in [6, 6.07) is 7.74. The Balaban J connectivity index is 2.38. The zero-order chi connectivity index (χ0) is 12.4. The van der Waals surface area contributed by atoms with Crippen molar-refractivity contribution in [2.75, 3.05) is 0 Å². The highest BCUT2D eigenvalue weighted by Crippen LogP contribution is 2.29. The summed E-state index contributed by atoms with van der Waals surface area (Å²) in [6.45, 7) is 6.06. The summed E-state index contributed by atoms with van der Waals surface area (Å²) in [5.74, 6) is 1.61. The molecule has 0 saturated carbocycles. The molecular formula is C14H14ClNO. The first kappa shape index (κ1) is 11.9. The van der Waals surface area contributed by atoms with E-state index < -0.39 is 0 Å². The highest BCUT2D eigenvalue weighted by atomic mass is 35.5. The van der Waals surface area contributed by atoms with Crippen LogP contribution in [0.2, 0.25) is 5.15 Å². The molecule has 2 nitrogen and oxygen atoms in total. The van der Waals surface area contributed by atoms with Gasteiger partial charge in [-0.15, -0.1) is 0 Å². The molecule has 0 amide bonds. The standard InChI is InChI=1S/C14H14ClNO/c1-9-5-4-6-12(11(9)3)17-13-7-14(15)16-8-10(13)2/h4-8H,1-3H3. The maximum atomic E-state index is 5.88. The first-order chi connectivity index (χ1) is 8.08. The lowest BCUT2D eigenvalue weighted by Gasteiger charge is -2.12. The number of rotatable bonds is 2. The third-order valence-corrected chi connectivity index (χ3v) is 3.00. The van der Waals surface area contributed by atoms with Gasteiger partial charge in [-0.2, -0.15) is 0 Å². The third kappa shape index (κ3) is 2.59. The Labute approximate surface area is 106 Å². The summed E-state index contributed by atoms with van der Waals surface area (Å²) in [4.78, 5) is 4.01. The van der Waals surface area contributed by atoms with E-state index in [4.69, 9.17) is 16.3 Å². The molecule has 0 fully saturated rings. The minimum absolute atomic E-state index is 0.441. The Morgan fingerprint density at radius 3 is 2.59 bits per heavy atom. The molecule has 0 atom stereocenters. The van der Waals surface area contributed by atoms with Crippen LogP contribution in [-0.4, -0.2) is 4.98 Å². The molecule has 1 heterocycles. The molecular weight excluding hydrogens is 234 g/mol. The molecule has 3 heteroatoms. The van der Waals surface area contributed by atoms with Crippen molar-refractivity contribution in [1.29, 1.82) is 0 Å². The van der Waals surface area contributed by atoms with Crippen molar-refractivity contribution in [1.82, 2.24) is 4.98 Å². The molecule has 0 saturated heterocycles. The van der Waals surface area contributed by atoms with Crippen LogP contribution in [0.1, 0.15) is 16.7 Å². The monoisotopic (exact) mass is 247 g/mol. The van der Waals surface area contributed by atoms with Crippen molar-refractivity contribution in [2.45, 2.75) is 20.8 Å². The summed E-state index contributed by atoms with van der Waals surface area (Å²) in [5.41, 5.74) is 3.32. The highest BCUT2D eigenvalue weighted by Gasteiger charge is 2.06. The van der Waals surface area contributed by atoms with Crippen LogP contribution in [0.15, 0.2) is 30.5 Å². The fourth-order valence-corrected chi connectivity index (χ4v) is 1.69. The van der Waals surface area contributed by atoms with Gasteiger partial charge in [0, 0.05) is 17.8 Å². The molecule has 88 valence electrons. The maximum Gasteiger partial charge on any atom is 0.134 e. The molecule has 0 aliphatic heterocycles. The smallest absolute Gasteiger partial charge is 0.134 e. The highest BCUT2D eigenvalue weighted by molar-refractivity contribution is 6.29. The number of hydrogen-bond donors (Lipinski definition) is 0. The molecule has 0 aliphatic carbocycles. The molecule has 1 aromatic heterocycles. The van der Waals surface area contributed by atoms with E-state index in [1.165, 1.54) is 5.56 Å². The molecule has 0 bridgehead atoms. The van der Waals surface area contributed by atoms with E-state index in [0.717, 1.165) is 22.6 Å². The van der Waals surface area contributed by atoms with Gasteiger partial charge in [0.05, 0.1) is 0 Å². The average Bonchev–Trinajstić information content (AvgIpc) is 2.30. The molecule has 0 spiro atoms. The van der Waals surface area contributed by atoms with E-state index in [9.17, 15) is 0 Å². The van der Waals surface area contributed by atoms with Gasteiger partial charge in [0.1, 0.15) is 16.7 Å². The molecule has 2 rings (SSSR count). The van der Waals surface area contributed by atoms with Crippen molar-refractivity contribution in [3.8, 4) is 11.5 Å². The maximum absolute atomic E-state index is 5.88. The van der Waals surface area contributed by atoms with E-state index in [1.54, 1.807) is 12.3 Å². The first-order valence-corrected chi connectivity index (χ1v) is 5.82. The van der Waals surface area contributed by atoms with E-state index in [0.29, 0.717) is 5.15 Å². The Kier molecular flexibility index (Phi) is 3.34. The van der Waals surface area contributed by atoms with Crippen molar-refractivity contribution < 1.29 is 4.74 Å². The van der Waals surface area contributed by atoms with Crippen LogP contribution in [-0.2, 0) is 0 Å². The average molecular weight is 248 g/mol. The summed E-state index contributed by atoms with van der Waals surface area (Å²) < 4.78 is 5.88. The largest absolute Gasteiger partial charge is 0.457 e. The summed E-state index contributed by atoms with van der Waals surface area (Å²) >= 11 is 5.86. The lowest BCUT2D eigenvalue weighted by atomic mass is 10.1. The van der Waals surface area contributed by atoms with Crippen molar-refractivity contribution in [2.24, 2.45) is 0 Å². The molecule has 17 heavy (non-hydrogen) atoms. The summed E-state index contributed by atoms with van der Waals surface area (Å²) in [7, 11) is 0. The minimum atomic E-state index is 0.441. The number of ether oxygens (including phenoxy) is 1. The van der Waals surface area contributed by atoms with Crippen LogP contribution >= 0.6 is 11.6 Å². The molecule has 0 N–H and O–H groups in total. The van der Waals surface area contributed by atoms with Crippen molar-refractivity contribution in [3.63, 3.8) is 0 Å². The normalized spacial score (nSPS) is 10.4. The second-order valence-corrected chi connectivity index (χ2v) is 4.46. The number of hydrogen-bond acceptors (Lipinski definition) is 2. The molecule has 2 aromatic rings. The minimum Gasteiger partial charge on any atom is -0.457 e. The number of aryl methyl sites for hydroxylation is 2. The molecule has 1 aromatic carbocycles. The predicted octanol–water partition coefficient (Wildman–Crippen LogP) is 4.45. The number of aromatic nitrogens is 1. The lowest BCUT2D eigenvalue weighted by Crippen LogP contribution is -1.92. The Morgan fingerprint density at radius 2 is 1.82 bits per heavy atom. The SMILES string of the molecule is Cc1cnc(Cl)cc1Oc1cccc(C)c1C. The van der Waals surface area contributed by atoms with Gasteiger partial charge in [-0.05, 0) is 38.0 Å². The second kappa shape index (κ2) is 4.76. The molecule has 0 aliphatic rings. The van der Waals surface area contributed by atoms with Crippen molar-refractivity contribution in [3.05, 3.63) is 52.3 Å².